The van der Waals surface area contributed by atoms with Crippen LogP contribution >= 0.6 is 23.2 Å². The Bertz CT molecular complexity index is 682. The zero-order valence-electron chi connectivity index (χ0n) is 12.6. The molecular weight excluding hydrogens is 321 g/mol. The molecule has 2 aromatic rings. The molecule has 0 heterocycles. The molecule has 0 saturated heterocycles. The zero-order chi connectivity index (χ0) is 16.3. The standard InChI is InChI=1S/C17H17Cl2NO2/c1-17(2,11-4-6-12(18)7-5-11)16(21)20-14-10-13(19)8-9-15(14)22-3/h4-10H,1-3H3,(H,20,21). The summed E-state index contributed by atoms with van der Waals surface area (Å²) in [4.78, 5) is 12.7. The first-order valence-electron chi connectivity index (χ1n) is 6.75. The van der Waals surface area contributed by atoms with Gasteiger partial charge in [0.1, 0.15) is 5.75 Å². The maximum Gasteiger partial charge on any atom is 0.234 e. The lowest BCUT2D eigenvalue weighted by Crippen LogP contribution is -2.34. The van der Waals surface area contributed by atoms with E-state index < -0.39 is 5.41 Å². The van der Waals surface area contributed by atoms with E-state index in [0.717, 1.165) is 5.56 Å². The number of carbonyl (C=O) groups is 1. The molecule has 0 fully saturated rings. The molecule has 2 rings (SSSR count). The van der Waals surface area contributed by atoms with Gasteiger partial charge in [-0.3, -0.25) is 4.79 Å². The summed E-state index contributed by atoms with van der Waals surface area (Å²) in [6.45, 7) is 3.70. The number of carbonyl (C=O) groups excluding carboxylic acids is 1. The van der Waals surface area contributed by atoms with E-state index in [1.54, 1.807) is 37.4 Å². The first kappa shape index (κ1) is 16.7. The van der Waals surface area contributed by atoms with Gasteiger partial charge in [0.05, 0.1) is 18.2 Å². The molecule has 1 amide bonds. The Balaban J connectivity index is 2.28. The zero-order valence-corrected chi connectivity index (χ0v) is 14.1. The third-order valence-electron chi connectivity index (χ3n) is 3.54. The predicted octanol–water partition coefficient (Wildman–Crippen LogP) is 4.92. The molecule has 0 spiro atoms. The molecule has 0 aromatic heterocycles. The Hall–Kier alpha value is -1.71. The number of ether oxygens (including phenoxy) is 1. The summed E-state index contributed by atoms with van der Waals surface area (Å²) in [7, 11) is 1.54. The van der Waals surface area contributed by atoms with E-state index in [2.05, 4.69) is 5.32 Å². The van der Waals surface area contributed by atoms with E-state index in [0.29, 0.717) is 21.5 Å². The second-order valence-corrected chi connectivity index (χ2v) is 6.30. The quantitative estimate of drug-likeness (QED) is 0.859. The van der Waals surface area contributed by atoms with Gasteiger partial charge in [0.15, 0.2) is 0 Å². The highest BCUT2D eigenvalue weighted by molar-refractivity contribution is 6.31. The number of nitrogens with one attached hydrogen (secondary N) is 1. The topological polar surface area (TPSA) is 38.3 Å². The van der Waals surface area contributed by atoms with Gasteiger partial charge < -0.3 is 10.1 Å². The molecule has 0 unspecified atom stereocenters. The lowest BCUT2D eigenvalue weighted by Gasteiger charge is -2.25. The van der Waals surface area contributed by atoms with Crippen LogP contribution in [0.4, 0.5) is 5.69 Å². The molecule has 0 aliphatic heterocycles. The van der Waals surface area contributed by atoms with Crippen molar-refractivity contribution in [2.24, 2.45) is 0 Å². The van der Waals surface area contributed by atoms with Crippen LogP contribution in [0.2, 0.25) is 10.0 Å². The fourth-order valence-electron chi connectivity index (χ4n) is 2.05. The van der Waals surface area contributed by atoms with Gasteiger partial charge in [-0.2, -0.15) is 0 Å². The van der Waals surface area contributed by atoms with Gasteiger partial charge in [-0.05, 0) is 49.7 Å². The average molecular weight is 338 g/mol. The second kappa shape index (κ2) is 6.59. The molecule has 1 N–H and O–H groups in total. The highest BCUT2D eigenvalue weighted by atomic mass is 35.5. The van der Waals surface area contributed by atoms with E-state index in [-0.39, 0.29) is 5.91 Å². The van der Waals surface area contributed by atoms with Gasteiger partial charge in [0, 0.05) is 10.0 Å². The molecule has 3 nitrogen and oxygen atoms in total. The lowest BCUT2D eigenvalue weighted by atomic mass is 9.83. The maximum atomic E-state index is 12.7. The van der Waals surface area contributed by atoms with Crippen LogP contribution in [0.15, 0.2) is 42.5 Å². The van der Waals surface area contributed by atoms with Crippen molar-refractivity contribution in [2.75, 3.05) is 12.4 Å². The molecule has 0 saturated carbocycles. The molecule has 0 radical (unpaired) electrons. The van der Waals surface area contributed by atoms with Crippen LogP contribution in [-0.4, -0.2) is 13.0 Å². The fraction of sp³-hybridized carbons (Fsp3) is 0.235. The van der Waals surface area contributed by atoms with Crippen molar-refractivity contribution in [1.82, 2.24) is 0 Å². The van der Waals surface area contributed by atoms with Crippen LogP contribution in [0.3, 0.4) is 0 Å². The SMILES string of the molecule is COc1ccc(Cl)cc1NC(=O)C(C)(C)c1ccc(Cl)cc1. The Labute approximate surface area is 140 Å². The van der Waals surface area contributed by atoms with E-state index in [4.69, 9.17) is 27.9 Å². The van der Waals surface area contributed by atoms with E-state index in [1.165, 1.54) is 0 Å². The van der Waals surface area contributed by atoms with Crippen molar-refractivity contribution >= 4 is 34.8 Å². The van der Waals surface area contributed by atoms with E-state index >= 15 is 0 Å². The van der Waals surface area contributed by atoms with Crippen LogP contribution in [0.5, 0.6) is 5.75 Å². The molecule has 22 heavy (non-hydrogen) atoms. The number of halogens is 2. The van der Waals surface area contributed by atoms with Crippen molar-refractivity contribution in [3.8, 4) is 5.75 Å². The van der Waals surface area contributed by atoms with Crippen molar-refractivity contribution in [3.05, 3.63) is 58.1 Å². The molecule has 2 aromatic carbocycles. The summed E-state index contributed by atoms with van der Waals surface area (Å²) in [6.07, 6.45) is 0. The fourth-order valence-corrected chi connectivity index (χ4v) is 2.35. The Morgan fingerprint density at radius 3 is 2.23 bits per heavy atom. The van der Waals surface area contributed by atoms with Crippen LogP contribution in [0, 0.1) is 0 Å². The van der Waals surface area contributed by atoms with Crippen molar-refractivity contribution in [2.45, 2.75) is 19.3 Å². The van der Waals surface area contributed by atoms with Gasteiger partial charge in [0.2, 0.25) is 5.91 Å². The number of hydrogen-bond donors (Lipinski definition) is 1. The van der Waals surface area contributed by atoms with E-state index in [1.807, 2.05) is 26.0 Å². The summed E-state index contributed by atoms with van der Waals surface area (Å²) in [5, 5.41) is 4.04. The minimum absolute atomic E-state index is 0.157. The van der Waals surface area contributed by atoms with Crippen LogP contribution in [0.25, 0.3) is 0 Å². The molecule has 0 aliphatic carbocycles. The average Bonchev–Trinajstić information content (AvgIpc) is 2.48. The minimum atomic E-state index is -0.724. The number of hydrogen-bond acceptors (Lipinski definition) is 2. The maximum absolute atomic E-state index is 12.7. The van der Waals surface area contributed by atoms with Crippen molar-refractivity contribution in [1.29, 1.82) is 0 Å². The first-order chi connectivity index (χ1) is 10.3. The normalized spacial score (nSPS) is 11.1. The van der Waals surface area contributed by atoms with E-state index in [9.17, 15) is 4.79 Å². The minimum Gasteiger partial charge on any atom is -0.495 e. The second-order valence-electron chi connectivity index (χ2n) is 5.43. The number of methoxy groups -OCH3 is 1. The monoisotopic (exact) mass is 337 g/mol. The van der Waals surface area contributed by atoms with Crippen LogP contribution in [0.1, 0.15) is 19.4 Å². The third kappa shape index (κ3) is 3.54. The number of benzene rings is 2. The number of amides is 1. The molecule has 0 aliphatic rings. The van der Waals surface area contributed by atoms with Gasteiger partial charge in [-0.15, -0.1) is 0 Å². The smallest absolute Gasteiger partial charge is 0.234 e. The molecular formula is C17H17Cl2NO2. The summed E-state index contributed by atoms with van der Waals surface area (Å²) < 4.78 is 5.24. The Morgan fingerprint density at radius 1 is 1.05 bits per heavy atom. The third-order valence-corrected chi connectivity index (χ3v) is 4.03. The highest BCUT2D eigenvalue weighted by Gasteiger charge is 2.30. The largest absolute Gasteiger partial charge is 0.495 e. The summed E-state index contributed by atoms with van der Waals surface area (Å²) >= 11 is 11.9. The number of anilines is 1. The van der Waals surface area contributed by atoms with Gasteiger partial charge in [-0.1, -0.05) is 35.3 Å². The van der Waals surface area contributed by atoms with Crippen LogP contribution < -0.4 is 10.1 Å². The first-order valence-corrected chi connectivity index (χ1v) is 7.51. The molecule has 116 valence electrons. The molecule has 0 bridgehead atoms. The van der Waals surface area contributed by atoms with Crippen molar-refractivity contribution in [3.63, 3.8) is 0 Å². The van der Waals surface area contributed by atoms with Crippen molar-refractivity contribution < 1.29 is 9.53 Å². The lowest BCUT2D eigenvalue weighted by molar-refractivity contribution is -0.120. The Kier molecular flexibility index (Phi) is 4.99. The summed E-state index contributed by atoms with van der Waals surface area (Å²) in [5.74, 6) is 0.403. The predicted molar refractivity (Wildman–Crippen MR) is 91.1 cm³/mol. The van der Waals surface area contributed by atoms with Gasteiger partial charge >= 0.3 is 0 Å². The molecule has 5 heteroatoms. The summed E-state index contributed by atoms with van der Waals surface area (Å²) in [5.41, 5.74) is 0.690. The summed E-state index contributed by atoms with van der Waals surface area (Å²) in [6, 6.07) is 12.3. The molecule has 0 atom stereocenters. The number of rotatable bonds is 4. The van der Waals surface area contributed by atoms with Crippen LogP contribution in [-0.2, 0) is 10.2 Å². The highest BCUT2D eigenvalue weighted by Crippen LogP contribution is 2.31. The van der Waals surface area contributed by atoms with Gasteiger partial charge in [-0.25, -0.2) is 0 Å². The van der Waals surface area contributed by atoms with Gasteiger partial charge in [0.25, 0.3) is 0 Å². The Morgan fingerprint density at radius 2 is 1.64 bits per heavy atom.